The van der Waals surface area contributed by atoms with Gasteiger partial charge >= 0.3 is 7.60 Å². The first-order valence-electron chi connectivity index (χ1n) is 13.1. The quantitative estimate of drug-likeness (QED) is 0.291. The summed E-state index contributed by atoms with van der Waals surface area (Å²) in [5.74, 6) is -0.887. The van der Waals surface area contributed by atoms with Crippen molar-refractivity contribution in [2.75, 3.05) is 0 Å². The highest BCUT2D eigenvalue weighted by molar-refractivity contribution is 7.96. The van der Waals surface area contributed by atoms with Crippen LogP contribution in [0.1, 0.15) is 57.5 Å². The van der Waals surface area contributed by atoms with Gasteiger partial charge in [-0.2, -0.15) is 4.72 Å². The standard InChI is InChI=1S/C30H34NO8PS2/c1-28(2,3)38-40(33,39-29(4,5)6)30(31-42(36,37)23-17-11-8-12-18-23)21-26(27(32)24-19-13-14-20-25(24)30)41(34,35)22-15-9-7-10-16-22/h7-21,31H,1-6H3. The lowest BCUT2D eigenvalue weighted by Crippen LogP contribution is -2.50. The fourth-order valence-corrected chi connectivity index (χ4v) is 10.6. The zero-order chi connectivity index (χ0) is 31.2. The third kappa shape index (κ3) is 6.22. The predicted molar refractivity (Wildman–Crippen MR) is 160 cm³/mol. The molecule has 0 radical (unpaired) electrons. The number of sulfone groups is 1. The Hall–Kier alpha value is -2.92. The number of nitrogens with one attached hydrogen (secondary N) is 1. The van der Waals surface area contributed by atoms with E-state index in [1.165, 1.54) is 72.8 Å². The van der Waals surface area contributed by atoms with Crippen molar-refractivity contribution in [1.29, 1.82) is 0 Å². The summed E-state index contributed by atoms with van der Waals surface area (Å²) in [5.41, 5.74) is -2.58. The van der Waals surface area contributed by atoms with E-state index < -0.39 is 54.6 Å². The molecule has 0 aromatic heterocycles. The maximum Gasteiger partial charge on any atom is 0.361 e. The number of carbonyl (C=O) groups excluding carboxylic acids is 1. The summed E-state index contributed by atoms with van der Waals surface area (Å²) in [5, 5.41) is -2.48. The lowest BCUT2D eigenvalue weighted by atomic mass is 9.92. The zero-order valence-corrected chi connectivity index (χ0v) is 26.7. The summed E-state index contributed by atoms with van der Waals surface area (Å²) in [4.78, 5) is 12.7. The van der Waals surface area contributed by atoms with Crippen molar-refractivity contribution >= 4 is 33.2 Å². The molecular formula is C30H34NO8PS2. The van der Waals surface area contributed by atoms with Crippen molar-refractivity contribution in [3.05, 3.63) is 107 Å². The second-order valence-corrected chi connectivity index (χ2v) is 17.5. The molecule has 4 rings (SSSR count). The first-order valence-corrected chi connectivity index (χ1v) is 17.6. The van der Waals surface area contributed by atoms with Crippen LogP contribution >= 0.6 is 7.60 Å². The van der Waals surface area contributed by atoms with E-state index in [-0.39, 0.29) is 20.9 Å². The van der Waals surface area contributed by atoms with Crippen molar-refractivity contribution in [3.63, 3.8) is 0 Å². The van der Waals surface area contributed by atoms with Crippen LogP contribution in [0, 0.1) is 0 Å². The lowest BCUT2D eigenvalue weighted by molar-refractivity contribution is 0.0395. The Bertz CT molecular complexity index is 1770. The Kier molecular flexibility index (Phi) is 8.36. The van der Waals surface area contributed by atoms with Crippen LogP contribution in [0.25, 0.3) is 0 Å². The summed E-state index contributed by atoms with van der Waals surface area (Å²) in [6.07, 6.45) is 0.888. The van der Waals surface area contributed by atoms with Gasteiger partial charge in [-0.15, -0.1) is 0 Å². The first kappa shape index (κ1) is 32.0. The smallest absolute Gasteiger partial charge is 0.301 e. The average molecular weight is 632 g/mol. The van der Waals surface area contributed by atoms with Crippen molar-refractivity contribution < 1.29 is 35.2 Å². The fourth-order valence-electron chi connectivity index (χ4n) is 4.52. The van der Waals surface area contributed by atoms with Gasteiger partial charge in [-0.3, -0.25) is 9.36 Å². The molecule has 0 heterocycles. The van der Waals surface area contributed by atoms with E-state index in [2.05, 4.69) is 4.72 Å². The highest BCUT2D eigenvalue weighted by atomic mass is 32.2. The van der Waals surface area contributed by atoms with Crippen LogP contribution in [0.4, 0.5) is 0 Å². The largest absolute Gasteiger partial charge is 0.361 e. The van der Waals surface area contributed by atoms with Gasteiger partial charge in [0.25, 0.3) is 0 Å². The molecule has 0 amide bonds. The zero-order valence-electron chi connectivity index (χ0n) is 24.2. The maximum absolute atomic E-state index is 15.4. The monoisotopic (exact) mass is 631 g/mol. The normalized spacial score (nSPS) is 18.3. The second-order valence-electron chi connectivity index (χ2n) is 11.8. The molecule has 1 N–H and O–H groups in total. The van der Waals surface area contributed by atoms with E-state index in [4.69, 9.17) is 9.05 Å². The molecule has 0 bridgehead atoms. The summed E-state index contributed by atoms with van der Waals surface area (Å²) in [7, 11) is -13.9. The highest BCUT2D eigenvalue weighted by Gasteiger charge is 2.60. The third-order valence-corrected chi connectivity index (χ3v) is 12.4. The molecule has 1 unspecified atom stereocenters. The molecule has 0 fully saturated rings. The molecule has 1 aliphatic carbocycles. The molecule has 3 aromatic carbocycles. The molecule has 1 aliphatic rings. The summed E-state index contributed by atoms with van der Waals surface area (Å²) < 4.78 is 86.1. The lowest BCUT2D eigenvalue weighted by Gasteiger charge is -2.44. The number of hydrogen-bond acceptors (Lipinski definition) is 8. The van der Waals surface area contributed by atoms with Gasteiger partial charge in [0.2, 0.25) is 25.6 Å². The van der Waals surface area contributed by atoms with E-state index in [1.807, 2.05) is 0 Å². The van der Waals surface area contributed by atoms with Gasteiger partial charge in [-0.1, -0.05) is 60.7 Å². The van der Waals surface area contributed by atoms with E-state index >= 15 is 4.57 Å². The van der Waals surface area contributed by atoms with Crippen LogP contribution in [0.3, 0.4) is 0 Å². The Morgan fingerprint density at radius 2 is 1.14 bits per heavy atom. The number of benzene rings is 3. The molecule has 0 aliphatic heterocycles. The van der Waals surface area contributed by atoms with Crippen LogP contribution < -0.4 is 4.72 Å². The second kappa shape index (κ2) is 11.0. The minimum absolute atomic E-state index is 0.0710. The number of rotatable bonds is 8. The van der Waals surface area contributed by atoms with Gasteiger partial charge < -0.3 is 9.05 Å². The fraction of sp³-hybridized carbons (Fsp3) is 0.300. The number of hydrogen-bond donors (Lipinski definition) is 1. The molecule has 1 atom stereocenters. The first-order chi connectivity index (χ1) is 19.3. The molecule has 0 saturated heterocycles. The van der Waals surface area contributed by atoms with Gasteiger partial charge in [0, 0.05) is 11.1 Å². The molecule has 0 saturated carbocycles. The number of ketones is 1. The molecule has 12 heteroatoms. The van der Waals surface area contributed by atoms with Gasteiger partial charge in [0.05, 0.1) is 21.0 Å². The van der Waals surface area contributed by atoms with Crippen molar-refractivity contribution in [3.8, 4) is 0 Å². The Balaban J connectivity index is 2.18. The third-order valence-electron chi connectivity index (χ3n) is 6.05. The molecule has 3 aromatic rings. The van der Waals surface area contributed by atoms with Gasteiger partial charge in [0.15, 0.2) is 5.28 Å². The van der Waals surface area contributed by atoms with E-state index in [0.29, 0.717) is 0 Å². The molecule has 42 heavy (non-hydrogen) atoms. The SMILES string of the molecule is CC(C)(C)OP(=O)(OC(C)(C)C)C1(NS(=O)(=O)c2ccccc2)C=C(S(=O)(=O)c2ccccc2)C(=O)c2ccccc21. The van der Waals surface area contributed by atoms with Crippen LogP contribution in [0.5, 0.6) is 0 Å². The summed E-state index contributed by atoms with van der Waals surface area (Å²) in [6, 6.07) is 20.4. The van der Waals surface area contributed by atoms with E-state index in [1.54, 1.807) is 53.7 Å². The molecule has 0 spiro atoms. The average Bonchev–Trinajstić information content (AvgIpc) is 2.89. The summed E-state index contributed by atoms with van der Waals surface area (Å²) >= 11 is 0. The molecular weight excluding hydrogens is 597 g/mol. The van der Waals surface area contributed by atoms with Crippen molar-refractivity contribution in [2.24, 2.45) is 0 Å². The number of carbonyl (C=O) groups is 1. The van der Waals surface area contributed by atoms with Crippen LogP contribution in [-0.4, -0.2) is 33.8 Å². The molecule has 224 valence electrons. The van der Waals surface area contributed by atoms with E-state index in [9.17, 15) is 21.6 Å². The number of fused-ring (bicyclic) bond motifs is 1. The van der Waals surface area contributed by atoms with Crippen molar-refractivity contribution in [2.45, 2.75) is 67.8 Å². The van der Waals surface area contributed by atoms with Crippen LogP contribution in [-0.2, 0) is 38.8 Å². The minimum atomic E-state index is -4.83. The van der Waals surface area contributed by atoms with Crippen molar-refractivity contribution in [1.82, 2.24) is 4.72 Å². The highest BCUT2D eigenvalue weighted by Crippen LogP contribution is 2.69. The molecule has 9 nitrogen and oxygen atoms in total. The van der Waals surface area contributed by atoms with Gasteiger partial charge in [0.1, 0.15) is 4.91 Å². The number of Topliss-reactive ketones (excluding diaryl/α,β-unsaturated/α-hetero) is 1. The van der Waals surface area contributed by atoms with Crippen LogP contribution in [0.15, 0.2) is 106 Å². The Morgan fingerprint density at radius 1 is 0.690 bits per heavy atom. The number of sulfonamides is 1. The minimum Gasteiger partial charge on any atom is -0.301 e. The Labute approximate surface area is 247 Å². The van der Waals surface area contributed by atoms with E-state index in [0.717, 1.165) is 6.08 Å². The number of allylic oxidation sites excluding steroid dienone is 1. The predicted octanol–water partition coefficient (Wildman–Crippen LogP) is 6.20. The van der Waals surface area contributed by atoms with Gasteiger partial charge in [-0.05, 0) is 71.9 Å². The Morgan fingerprint density at radius 3 is 1.64 bits per heavy atom. The van der Waals surface area contributed by atoms with Crippen LogP contribution in [0.2, 0.25) is 0 Å². The van der Waals surface area contributed by atoms with Gasteiger partial charge in [-0.25, -0.2) is 16.8 Å². The topological polar surface area (TPSA) is 133 Å². The maximum atomic E-state index is 15.4. The summed E-state index contributed by atoms with van der Waals surface area (Å²) in [6.45, 7) is 9.64.